The lowest BCUT2D eigenvalue weighted by Crippen LogP contribution is -2.41. The smallest absolute Gasteiger partial charge is 0.316 e. The Morgan fingerprint density at radius 1 is 0.857 bits per heavy atom. The second kappa shape index (κ2) is 8.92. The first kappa shape index (κ1) is 20.8. The zero-order chi connectivity index (χ0) is 20.7. The van der Waals surface area contributed by atoms with Gasteiger partial charge in [0.15, 0.2) is 0 Å². The molecule has 0 aliphatic rings. The third-order valence-electron chi connectivity index (χ3n) is 4.23. The number of hydrogen-bond acceptors (Lipinski definition) is 6. The van der Waals surface area contributed by atoms with Gasteiger partial charge in [-0.05, 0) is 11.1 Å². The third-order valence-corrected chi connectivity index (χ3v) is 4.23. The molecule has 0 aliphatic heterocycles. The van der Waals surface area contributed by atoms with Crippen LogP contribution in [0.1, 0.15) is 36.0 Å². The average Bonchev–Trinajstić information content (AvgIpc) is 2.67. The maximum Gasteiger partial charge on any atom is 0.316 e. The Morgan fingerprint density at radius 2 is 1.43 bits per heavy atom. The number of nitrogens with two attached hydrogens (primary N) is 3. The van der Waals surface area contributed by atoms with E-state index in [9.17, 15) is 14.4 Å². The van der Waals surface area contributed by atoms with Gasteiger partial charge < -0.3 is 21.9 Å². The van der Waals surface area contributed by atoms with Crippen LogP contribution in [0.5, 0.6) is 0 Å². The summed E-state index contributed by atoms with van der Waals surface area (Å²) in [5, 5.41) is 7.49. The summed E-state index contributed by atoms with van der Waals surface area (Å²) in [6, 6.07) is 15.5. The highest BCUT2D eigenvalue weighted by Gasteiger charge is 2.34. The van der Waals surface area contributed by atoms with E-state index in [1.165, 1.54) is 0 Å². The maximum absolute atomic E-state index is 12.3. The Kier molecular flexibility index (Phi) is 6.62. The van der Waals surface area contributed by atoms with Crippen molar-refractivity contribution in [1.82, 2.24) is 0 Å². The molecule has 2 rings (SSSR count). The zero-order valence-corrected chi connectivity index (χ0v) is 15.2. The van der Waals surface area contributed by atoms with Crippen LogP contribution in [0.2, 0.25) is 0 Å². The summed E-state index contributed by atoms with van der Waals surface area (Å²) < 4.78 is 4.78. The van der Waals surface area contributed by atoms with E-state index in [4.69, 9.17) is 27.3 Å². The molecule has 0 bridgehead atoms. The number of nitrogen functional groups attached to an aromatic ring is 1. The van der Waals surface area contributed by atoms with Gasteiger partial charge in [0.05, 0.1) is 18.4 Å². The number of primary amides is 1. The van der Waals surface area contributed by atoms with E-state index >= 15 is 0 Å². The van der Waals surface area contributed by atoms with Crippen molar-refractivity contribution in [3.05, 3.63) is 71.3 Å². The summed E-state index contributed by atoms with van der Waals surface area (Å²) in [6.07, 6.45) is -0.791. The van der Waals surface area contributed by atoms with Gasteiger partial charge >= 0.3 is 11.9 Å². The minimum atomic E-state index is -1.27. The number of amidine groups is 1. The van der Waals surface area contributed by atoms with Crippen molar-refractivity contribution in [2.75, 3.05) is 0 Å². The SMILES string of the molecule is N=C(N)c1ccc(C(N)(CC(=O)OC(=O)CCC(N)=O)c2ccccc2)cc1. The highest BCUT2D eigenvalue weighted by molar-refractivity contribution is 5.95. The van der Waals surface area contributed by atoms with Crippen LogP contribution in [0.25, 0.3) is 0 Å². The summed E-state index contributed by atoms with van der Waals surface area (Å²) in [4.78, 5) is 34.8. The van der Waals surface area contributed by atoms with Crippen LogP contribution in [-0.4, -0.2) is 23.7 Å². The van der Waals surface area contributed by atoms with Crippen LogP contribution < -0.4 is 17.2 Å². The Hall–Kier alpha value is -3.52. The molecule has 8 nitrogen and oxygen atoms in total. The summed E-state index contributed by atoms with van der Waals surface area (Å²) in [5.74, 6) is -2.41. The quantitative estimate of drug-likeness (QED) is 0.229. The number of rotatable bonds is 8. The van der Waals surface area contributed by atoms with Crippen LogP contribution in [0, 0.1) is 5.41 Å². The predicted octanol–water partition coefficient (Wildman–Crippen LogP) is 0.898. The summed E-state index contributed by atoms with van der Waals surface area (Å²) in [5.41, 5.74) is 17.5. The minimum absolute atomic E-state index is 0.0895. The van der Waals surface area contributed by atoms with Gasteiger partial charge in [-0.2, -0.15) is 0 Å². The standard InChI is InChI=1S/C20H22N4O4/c21-16(25)10-11-17(26)28-18(27)12-20(24,14-4-2-1-3-5-14)15-8-6-13(7-9-15)19(22)23/h1-9H,10-12,24H2,(H2,21,25)(H3,22,23). The van der Waals surface area contributed by atoms with E-state index in [0.29, 0.717) is 16.7 Å². The van der Waals surface area contributed by atoms with Crippen molar-refractivity contribution in [2.24, 2.45) is 17.2 Å². The molecule has 1 unspecified atom stereocenters. The van der Waals surface area contributed by atoms with Gasteiger partial charge in [-0.1, -0.05) is 54.6 Å². The molecular formula is C20H22N4O4. The second-order valence-corrected chi connectivity index (χ2v) is 6.32. The molecule has 2 aromatic carbocycles. The fourth-order valence-electron chi connectivity index (χ4n) is 2.72. The molecule has 2 aromatic rings. The topological polar surface area (TPSA) is 162 Å². The highest BCUT2D eigenvalue weighted by atomic mass is 16.6. The maximum atomic E-state index is 12.3. The zero-order valence-electron chi connectivity index (χ0n) is 15.2. The number of benzene rings is 2. The molecule has 7 N–H and O–H groups in total. The Balaban J connectivity index is 2.27. The molecule has 0 fully saturated rings. The van der Waals surface area contributed by atoms with Gasteiger partial charge in [0.1, 0.15) is 5.84 Å². The second-order valence-electron chi connectivity index (χ2n) is 6.32. The lowest BCUT2D eigenvalue weighted by molar-refractivity contribution is -0.160. The summed E-state index contributed by atoms with van der Waals surface area (Å²) in [7, 11) is 0. The fourth-order valence-corrected chi connectivity index (χ4v) is 2.72. The van der Waals surface area contributed by atoms with Gasteiger partial charge in [0, 0.05) is 12.0 Å². The van der Waals surface area contributed by atoms with Crippen LogP contribution in [-0.2, 0) is 24.7 Å². The average molecular weight is 382 g/mol. The van der Waals surface area contributed by atoms with E-state index in [-0.39, 0.29) is 25.1 Å². The molecule has 0 saturated carbocycles. The van der Waals surface area contributed by atoms with Crippen LogP contribution in [0.3, 0.4) is 0 Å². The first-order valence-electron chi connectivity index (χ1n) is 8.53. The van der Waals surface area contributed by atoms with Gasteiger partial charge in [-0.3, -0.25) is 19.8 Å². The molecule has 146 valence electrons. The fraction of sp³-hybridized carbons (Fsp3) is 0.200. The van der Waals surface area contributed by atoms with Crippen molar-refractivity contribution < 1.29 is 19.1 Å². The number of carbonyl (C=O) groups excluding carboxylic acids is 3. The van der Waals surface area contributed by atoms with E-state index < -0.39 is 23.4 Å². The van der Waals surface area contributed by atoms with Crippen molar-refractivity contribution in [3.8, 4) is 0 Å². The summed E-state index contributed by atoms with van der Waals surface area (Å²) >= 11 is 0. The van der Waals surface area contributed by atoms with E-state index in [2.05, 4.69) is 0 Å². The van der Waals surface area contributed by atoms with Crippen LogP contribution in [0.15, 0.2) is 54.6 Å². The molecule has 8 heteroatoms. The lowest BCUT2D eigenvalue weighted by Gasteiger charge is -2.30. The normalized spacial score (nSPS) is 12.6. The molecule has 0 saturated heterocycles. The lowest BCUT2D eigenvalue weighted by atomic mass is 9.81. The number of carbonyl (C=O) groups is 3. The van der Waals surface area contributed by atoms with E-state index in [0.717, 1.165) is 0 Å². The Labute approximate surface area is 162 Å². The van der Waals surface area contributed by atoms with Crippen molar-refractivity contribution in [1.29, 1.82) is 5.41 Å². The van der Waals surface area contributed by atoms with Crippen molar-refractivity contribution >= 4 is 23.7 Å². The van der Waals surface area contributed by atoms with Crippen molar-refractivity contribution in [2.45, 2.75) is 24.8 Å². The first-order chi connectivity index (χ1) is 13.2. The van der Waals surface area contributed by atoms with Gasteiger partial charge in [-0.25, -0.2) is 0 Å². The van der Waals surface area contributed by atoms with Crippen LogP contribution in [0.4, 0.5) is 0 Å². The van der Waals surface area contributed by atoms with Gasteiger partial charge in [-0.15, -0.1) is 0 Å². The molecule has 0 spiro atoms. The van der Waals surface area contributed by atoms with E-state index in [1.807, 2.05) is 6.07 Å². The number of hydrogen-bond donors (Lipinski definition) is 4. The number of ether oxygens (including phenoxy) is 1. The Morgan fingerprint density at radius 3 is 1.96 bits per heavy atom. The predicted molar refractivity (Wildman–Crippen MR) is 103 cm³/mol. The summed E-state index contributed by atoms with van der Waals surface area (Å²) in [6.45, 7) is 0. The Bertz CT molecular complexity index is 881. The van der Waals surface area contributed by atoms with E-state index in [1.54, 1.807) is 48.5 Å². The van der Waals surface area contributed by atoms with Gasteiger partial charge in [0.2, 0.25) is 5.91 Å². The molecule has 0 aromatic heterocycles. The number of amides is 1. The van der Waals surface area contributed by atoms with Crippen LogP contribution >= 0.6 is 0 Å². The molecule has 28 heavy (non-hydrogen) atoms. The molecule has 1 amide bonds. The van der Waals surface area contributed by atoms with Crippen molar-refractivity contribution in [3.63, 3.8) is 0 Å². The number of esters is 2. The monoisotopic (exact) mass is 382 g/mol. The van der Waals surface area contributed by atoms with Gasteiger partial charge in [0.25, 0.3) is 0 Å². The highest BCUT2D eigenvalue weighted by Crippen LogP contribution is 2.31. The molecule has 0 heterocycles. The largest absolute Gasteiger partial charge is 0.393 e. The third kappa shape index (κ3) is 5.24. The molecule has 0 aliphatic carbocycles. The number of nitrogens with one attached hydrogen (secondary N) is 1. The minimum Gasteiger partial charge on any atom is -0.393 e. The molecule has 1 atom stereocenters. The first-order valence-corrected chi connectivity index (χ1v) is 8.53. The molecular weight excluding hydrogens is 360 g/mol. The molecule has 0 radical (unpaired) electrons.